The Morgan fingerprint density at radius 2 is 2.04 bits per heavy atom. The van der Waals surface area contributed by atoms with Crippen molar-refractivity contribution in [1.29, 1.82) is 0 Å². The third-order valence-electron chi connectivity index (χ3n) is 5.62. The molecule has 0 saturated carbocycles. The van der Waals surface area contributed by atoms with E-state index in [4.69, 9.17) is 9.26 Å². The average Bonchev–Trinajstić information content (AvgIpc) is 3.43. The average molecular weight is 399 g/mol. The highest BCUT2D eigenvalue weighted by Gasteiger charge is 2.33. The van der Waals surface area contributed by atoms with Gasteiger partial charge in [-0.1, -0.05) is 17.3 Å². The van der Waals surface area contributed by atoms with Crippen molar-refractivity contribution >= 4 is 11.3 Å². The van der Waals surface area contributed by atoms with Crippen molar-refractivity contribution in [2.75, 3.05) is 19.7 Å². The minimum absolute atomic E-state index is 0.242. The Bertz CT molecular complexity index is 870. The summed E-state index contributed by atoms with van der Waals surface area (Å²) in [6.45, 7) is 7.35. The first-order chi connectivity index (χ1) is 13.6. The van der Waals surface area contributed by atoms with Crippen molar-refractivity contribution in [3.05, 3.63) is 69.2 Å². The van der Waals surface area contributed by atoms with Crippen molar-refractivity contribution < 1.29 is 14.4 Å². The summed E-state index contributed by atoms with van der Waals surface area (Å²) < 4.78 is 11.1. The van der Waals surface area contributed by atoms with Crippen LogP contribution in [0.3, 0.4) is 0 Å². The molecular formula is C22H26N2O3S. The molecule has 28 heavy (non-hydrogen) atoms. The van der Waals surface area contributed by atoms with Crippen LogP contribution in [0.25, 0.3) is 0 Å². The Kier molecular flexibility index (Phi) is 5.80. The van der Waals surface area contributed by atoms with Crippen LogP contribution in [-0.4, -0.2) is 34.9 Å². The number of aromatic nitrogens is 1. The van der Waals surface area contributed by atoms with Gasteiger partial charge in [0.05, 0.1) is 11.3 Å². The van der Waals surface area contributed by atoms with Gasteiger partial charge >= 0.3 is 0 Å². The van der Waals surface area contributed by atoms with Crippen LogP contribution in [0.1, 0.15) is 34.1 Å². The van der Waals surface area contributed by atoms with E-state index in [-0.39, 0.29) is 6.61 Å². The van der Waals surface area contributed by atoms with Gasteiger partial charge < -0.3 is 14.4 Å². The highest BCUT2D eigenvalue weighted by molar-refractivity contribution is 7.08. The molecular weight excluding hydrogens is 372 g/mol. The minimum atomic E-state index is 0.242. The maximum Gasteiger partial charge on any atom is 0.140 e. The number of likely N-dealkylation sites (tertiary alicyclic amines) is 1. The van der Waals surface area contributed by atoms with Gasteiger partial charge in [0.1, 0.15) is 18.1 Å². The second-order valence-corrected chi connectivity index (χ2v) is 8.32. The summed E-state index contributed by atoms with van der Waals surface area (Å²) in [5.74, 6) is 2.39. The molecule has 0 bridgehead atoms. The van der Waals surface area contributed by atoms with E-state index < -0.39 is 0 Å². The minimum Gasteiger partial charge on any atom is -0.489 e. The maximum absolute atomic E-state index is 9.78. The summed E-state index contributed by atoms with van der Waals surface area (Å²) in [6.07, 6.45) is 0. The number of rotatable bonds is 7. The maximum atomic E-state index is 9.78. The van der Waals surface area contributed by atoms with Crippen molar-refractivity contribution in [3.8, 4) is 5.75 Å². The molecule has 3 heterocycles. The van der Waals surface area contributed by atoms with Crippen molar-refractivity contribution in [2.24, 2.45) is 5.92 Å². The lowest BCUT2D eigenvalue weighted by Crippen LogP contribution is -2.20. The Morgan fingerprint density at radius 1 is 1.21 bits per heavy atom. The fraction of sp³-hybridized carbons (Fsp3) is 0.409. The van der Waals surface area contributed by atoms with E-state index in [2.05, 4.69) is 39.0 Å². The van der Waals surface area contributed by atoms with Crippen LogP contribution in [0.15, 0.2) is 45.6 Å². The van der Waals surface area contributed by atoms with Gasteiger partial charge in [-0.25, -0.2) is 0 Å². The lowest BCUT2D eigenvalue weighted by atomic mass is 9.92. The second-order valence-electron chi connectivity index (χ2n) is 7.54. The van der Waals surface area contributed by atoms with E-state index in [1.165, 1.54) is 11.1 Å². The van der Waals surface area contributed by atoms with E-state index in [1.54, 1.807) is 11.3 Å². The third-order valence-corrected chi connectivity index (χ3v) is 6.32. The van der Waals surface area contributed by atoms with Crippen LogP contribution in [0.5, 0.6) is 5.75 Å². The molecule has 0 aliphatic carbocycles. The van der Waals surface area contributed by atoms with Gasteiger partial charge in [-0.2, -0.15) is 11.3 Å². The third kappa shape index (κ3) is 4.14. The predicted molar refractivity (Wildman–Crippen MR) is 110 cm³/mol. The molecule has 0 radical (unpaired) electrons. The molecule has 1 aromatic carbocycles. The Balaban J connectivity index is 1.34. The summed E-state index contributed by atoms with van der Waals surface area (Å²) >= 11 is 1.73. The van der Waals surface area contributed by atoms with Crippen LogP contribution in [0.2, 0.25) is 0 Å². The fourth-order valence-corrected chi connectivity index (χ4v) is 4.68. The van der Waals surface area contributed by atoms with E-state index in [1.807, 2.05) is 26.0 Å². The quantitative estimate of drug-likeness (QED) is 0.648. The summed E-state index contributed by atoms with van der Waals surface area (Å²) in [4.78, 5) is 2.43. The zero-order chi connectivity index (χ0) is 19.5. The molecule has 3 aromatic rings. The molecule has 5 nitrogen and oxygen atoms in total. The highest BCUT2D eigenvalue weighted by Crippen LogP contribution is 2.34. The van der Waals surface area contributed by atoms with Crippen molar-refractivity contribution in [2.45, 2.75) is 32.9 Å². The molecule has 0 unspecified atom stereocenters. The van der Waals surface area contributed by atoms with Gasteiger partial charge in [0.25, 0.3) is 0 Å². The zero-order valence-electron chi connectivity index (χ0n) is 16.3. The van der Waals surface area contributed by atoms with Crippen molar-refractivity contribution in [1.82, 2.24) is 10.1 Å². The lowest BCUT2D eigenvalue weighted by molar-refractivity contribution is 0.214. The van der Waals surface area contributed by atoms with E-state index in [9.17, 15) is 5.11 Å². The van der Waals surface area contributed by atoms with Gasteiger partial charge in [0.2, 0.25) is 0 Å². The van der Waals surface area contributed by atoms with Gasteiger partial charge in [-0.05, 0) is 53.9 Å². The van der Waals surface area contributed by atoms with Crippen LogP contribution >= 0.6 is 11.3 Å². The highest BCUT2D eigenvalue weighted by atomic mass is 32.1. The standard InChI is InChI=1S/C22H26N2O3S/c1-15-22(16(2)27-23-15)13-26-20-5-3-17(4-6-20)9-24-10-19(12-25)21(11-24)18-7-8-28-14-18/h3-8,14,19,21,25H,9-13H2,1-2H3/t19-,21-/m0/s1. The Labute approximate surface area is 169 Å². The summed E-state index contributed by atoms with van der Waals surface area (Å²) in [5.41, 5.74) is 4.50. The van der Waals surface area contributed by atoms with Crippen LogP contribution in [0.4, 0.5) is 0 Å². The number of benzene rings is 1. The number of ether oxygens (including phenoxy) is 1. The number of aliphatic hydroxyl groups is 1. The predicted octanol–water partition coefficient (Wildman–Crippen LogP) is 4.14. The first-order valence-electron chi connectivity index (χ1n) is 9.63. The molecule has 1 aliphatic rings. The second kappa shape index (κ2) is 8.47. The van der Waals surface area contributed by atoms with Crippen molar-refractivity contribution in [3.63, 3.8) is 0 Å². The number of hydrogen-bond acceptors (Lipinski definition) is 6. The Hall–Kier alpha value is -2.15. The topological polar surface area (TPSA) is 58.7 Å². The van der Waals surface area contributed by atoms with E-state index in [0.29, 0.717) is 18.4 Å². The molecule has 148 valence electrons. The molecule has 1 aliphatic heterocycles. The summed E-state index contributed by atoms with van der Waals surface area (Å²) in [5, 5.41) is 18.1. The first kappa shape index (κ1) is 19.2. The largest absolute Gasteiger partial charge is 0.489 e. The molecule has 1 fully saturated rings. The molecule has 0 amide bonds. The lowest BCUT2D eigenvalue weighted by Gasteiger charge is -2.16. The van der Waals surface area contributed by atoms with Crippen LogP contribution in [0, 0.1) is 19.8 Å². The number of thiophene rings is 1. The normalized spacial score (nSPS) is 20.0. The molecule has 6 heteroatoms. The van der Waals surface area contributed by atoms with Gasteiger partial charge in [0.15, 0.2) is 0 Å². The summed E-state index contributed by atoms with van der Waals surface area (Å²) in [7, 11) is 0. The SMILES string of the molecule is Cc1noc(C)c1COc1ccc(CN2C[C@@H](CO)[C@H](c3ccsc3)C2)cc1. The van der Waals surface area contributed by atoms with E-state index in [0.717, 1.165) is 42.4 Å². The molecule has 1 saturated heterocycles. The van der Waals surface area contributed by atoms with Crippen LogP contribution < -0.4 is 4.74 Å². The number of hydrogen-bond donors (Lipinski definition) is 1. The molecule has 2 aromatic heterocycles. The number of aliphatic hydroxyl groups excluding tert-OH is 1. The van der Waals surface area contributed by atoms with Gasteiger partial charge in [-0.3, -0.25) is 4.90 Å². The number of aryl methyl sites for hydroxylation is 2. The first-order valence-corrected chi connectivity index (χ1v) is 10.6. The Morgan fingerprint density at radius 3 is 2.68 bits per heavy atom. The molecule has 0 spiro atoms. The van der Waals surface area contributed by atoms with Gasteiger partial charge in [0, 0.05) is 38.1 Å². The number of nitrogens with zero attached hydrogens (tertiary/aromatic N) is 2. The summed E-state index contributed by atoms with van der Waals surface area (Å²) in [6, 6.07) is 10.5. The van der Waals surface area contributed by atoms with Crippen LogP contribution in [-0.2, 0) is 13.2 Å². The fourth-order valence-electron chi connectivity index (χ4n) is 3.95. The van der Waals surface area contributed by atoms with Gasteiger partial charge in [-0.15, -0.1) is 0 Å². The van der Waals surface area contributed by atoms with E-state index >= 15 is 0 Å². The molecule has 4 rings (SSSR count). The molecule has 1 N–H and O–H groups in total. The smallest absolute Gasteiger partial charge is 0.140 e. The monoisotopic (exact) mass is 398 g/mol. The molecule has 2 atom stereocenters. The zero-order valence-corrected chi connectivity index (χ0v) is 17.1.